The molecule has 2 heterocycles. The summed E-state index contributed by atoms with van der Waals surface area (Å²) in [6, 6.07) is 13.3. The van der Waals surface area contributed by atoms with Crippen molar-refractivity contribution in [3.8, 4) is 11.4 Å². The summed E-state index contributed by atoms with van der Waals surface area (Å²) in [6.07, 6.45) is 3.67. The average Bonchev–Trinajstić information content (AvgIpc) is 3.68. The normalized spacial score (nSPS) is 16.9. The molecule has 10 nitrogen and oxygen atoms in total. The summed E-state index contributed by atoms with van der Waals surface area (Å²) in [5, 5.41) is 4.88. The van der Waals surface area contributed by atoms with E-state index in [2.05, 4.69) is 12.0 Å². The molecule has 1 aliphatic carbocycles. The molecule has 0 N–H and O–H groups in total. The molecule has 0 unspecified atom stereocenters. The zero-order valence-corrected chi connectivity index (χ0v) is 23.9. The molecule has 0 amide bonds. The number of hydrogen-bond donors (Lipinski definition) is 0. The van der Waals surface area contributed by atoms with Gasteiger partial charge in [-0.3, -0.25) is 4.79 Å². The standard InChI is InChI=1S/C28H31ClN4O6S/c1-28(9-10-28)19-39-25-24(17-30-33(26(25)34)23-8-4-7-22(29)16-23)31-11-13-32(14-12-31)40(36,37)18-20-5-3-6-21(15-20)27(35)38-2/h3-8,15-17H,9-14,18-19H2,1-2H3. The van der Waals surface area contributed by atoms with Crippen LogP contribution in [0.15, 0.2) is 59.5 Å². The first-order chi connectivity index (χ1) is 19.1. The van der Waals surface area contributed by atoms with E-state index < -0.39 is 21.6 Å². The van der Waals surface area contributed by atoms with Crippen LogP contribution in [0.1, 0.15) is 35.7 Å². The van der Waals surface area contributed by atoms with E-state index in [0.29, 0.717) is 47.2 Å². The summed E-state index contributed by atoms with van der Waals surface area (Å²) >= 11 is 6.14. The summed E-state index contributed by atoms with van der Waals surface area (Å²) in [6.45, 7) is 3.71. The van der Waals surface area contributed by atoms with Gasteiger partial charge in [0.05, 0.1) is 36.9 Å². The number of halogens is 1. The van der Waals surface area contributed by atoms with E-state index in [-0.39, 0.29) is 30.0 Å². The fraction of sp³-hybridized carbons (Fsp3) is 0.393. The molecule has 40 heavy (non-hydrogen) atoms. The third kappa shape index (κ3) is 6.16. The van der Waals surface area contributed by atoms with Gasteiger partial charge < -0.3 is 14.4 Å². The zero-order chi connectivity index (χ0) is 28.5. The highest BCUT2D eigenvalue weighted by Gasteiger charge is 2.39. The van der Waals surface area contributed by atoms with Gasteiger partial charge >= 0.3 is 11.5 Å². The maximum atomic E-state index is 13.6. The number of ether oxygens (including phenoxy) is 2. The largest absolute Gasteiger partial charge is 0.486 e. The van der Waals surface area contributed by atoms with E-state index in [4.69, 9.17) is 21.1 Å². The lowest BCUT2D eigenvalue weighted by molar-refractivity contribution is 0.0600. The van der Waals surface area contributed by atoms with Crippen LogP contribution in [-0.2, 0) is 20.5 Å². The number of methoxy groups -OCH3 is 1. The van der Waals surface area contributed by atoms with E-state index in [1.807, 2.05) is 4.90 Å². The van der Waals surface area contributed by atoms with Crippen LogP contribution in [0.3, 0.4) is 0 Å². The van der Waals surface area contributed by atoms with Gasteiger partial charge in [-0.1, -0.05) is 36.7 Å². The second-order valence-corrected chi connectivity index (χ2v) is 12.9. The molecule has 0 atom stereocenters. The number of carbonyl (C=O) groups excluding carboxylic acids is 1. The zero-order valence-electron chi connectivity index (χ0n) is 22.4. The molecule has 1 saturated heterocycles. The highest BCUT2D eigenvalue weighted by molar-refractivity contribution is 7.88. The van der Waals surface area contributed by atoms with Crippen molar-refractivity contribution in [2.75, 3.05) is 44.8 Å². The molecule has 12 heteroatoms. The lowest BCUT2D eigenvalue weighted by atomic mass is 10.1. The first kappa shape index (κ1) is 28.1. The van der Waals surface area contributed by atoms with Crippen LogP contribution in [0.2, 0.25) is 5.02 Å². The Balaban J connectivity index is 1.34. The monoisotopic (exact) mass is 586 g/mol. The van der Waals surface area contributed by atoms with Gasteiger partial charge in [-0.05, 0) is 48.7 Å². The first-order valence-electron chi connectivity index (χ1n) is 13.0. The van der Waals surface area contributed by atoms with Crippen molar-refractivity contribution < 1.29 is 22.7 Å². The van der Waals surface area contributed by atoms with Crippen molar-refractivity contribution in [2.24, 2.45) is 5.41 Å². The summed E-state index contributed by atoms with van der Waals surface area (Å²) in [4.78, 5) is 27.4. The van der Waals surface area contributed by atoms with Crippen molar-refractivity contribution in [1.29, 1.82) is 0 Å². The molecule has 5 rings (SSSR count). The summed E-state index contributed by atoms with van der Waals surface area (Å²) in [5.41, 5.74) is 1.51. The Morgan fingerprint density at radius 1 is 1.07 bits per heavy atom. The second-order valence-electron chi connectivity index (χ2n) is 10.5. The van der Waals surface area contributed by atoms with Gasteiger partial charge in [0.25, 0.3) is 0 Å². The molecule has 1 aliphatic heterocycles. The van der Waals surface area contributed by atoms with E-state index in [1.165, 1.54) is 22.2 Å². The summed E-state index contributed by atoms with van der Waals surface area (Å²) in [7, 11) is -2.37. The van der Waals surface area contributed by atoms with Gasteiger partial charge in [0.2, 0.25) is 15.8 Å². The number of sulfonamides is 1. The molecule has 0 bridgehead atoms. The van der Waals surface area contributed by atoms with Crippen LogP contribution in [0.4, 0.5) is 5.69 Å². The molecule has 1 saturated carbocycles. The number of hydrogen-bond acceptors (Lipinski definition) is 8. The quantitative estimate of drug-likeness (QED) is 0.350. The van der Waals surface area contributed by atoms with Gasteiger partial charge in [0.15, 0.2) is 0 Å². The lowest BCUT2D eigenvalue weighted by Crippen LogP contribution is -2.49. The molecule has 2 aliphatic rings. The average molecular weight is 587 g/mol. The fourth-order valence-electron chi connectivity index (χ4n) is 4.60. The lowest BCUT2D eigenvalue weighted by Gasteiger charge is -2.35. The minimum atomic E-state index is -3.65. The van der Waals surface area contributed by atoms with E-state index in [9.17, 15) is 18.0 Å². The minimum absolute atomic E-state index is 0.0474. The first-order valence-corrected chi connectivity index (χ1v) is 15.0. The Labute approximate surface area is 238 Å². The molecule has 3 aromatic rings. The van der Waals surface area contributed by atoms with Crippen molar-refractivity contribution >= 4 is 33.3 Å². The van der Waals surface area contributed by atoms with Crippen LogP contribution in [0, 0.1) is 5.41 Å². The predicted octanol–water partition coefficient (Wildman–Crippen LogP) is 3.50. The third-order valence-corrected chi connectivity index (χ3v) is 9.39. The maximum absolute atomic E-state index is 13.6. The van der Waals surface area contributed by atoms with Crippen LogP contribution in [-0.4, -0.2) is 68.4 Å². The predicted molar refractivity (Wildman–Crippen MR) is 152 cm³/mol. The highest BCUT2D eigenvalue weighted by atomic mass is 35.5. The molecule has 0 spiro atoms. The Kier molecular flexibility index (Phi) is 7.89. The van der Waals surface area contributed by atoms with Crippen molar-refractivity contribution in [1.82, 2.24) is 14.1 Å². The number of piperazine rings is 1. The van der Waals surface area contributed by atoms with Crippen LogP contribution in [0.25, 0.3) is 5.69 Å². The van der Waals surface area contributed by atoms with Crippen molar-refractivity contribution in [3.63, 3.8) is 0 Å². The number of esters is 1. The van der Waals surface area contributed by atoms with Gasteiger partial charge in [0, 0.05) is 36.6 Å². The van der Waals surface area contributed by atoms with E-state index >= 15 is 0 Å². The number of nitrogens with zero attached hydrogens (tertiary/aromatic N) is 4. The fourth-order valence-corrected chi connectivity index (χ4v) is 6.29. The van der Waals surface area contributed by atoms with Crippen LogP contribution in [0.5, 0.6) is 5.75 Å². The minimum Gasteiger partial charge on any atom is -0.486 e. The molecule has 2 fully saturated rings. The molecule has 212 valence electrons. The summed E-state index contributed by atoms with van der Waals surface area (Å²) in [5.74, 6) is -0.561. The maximum Gasteiger partial charge on any atom is 0.337 e. The summed E-state index contributed by atoms with van der Waals surface area (Å²) < 4.78 is 40.0. The third-order valence-electron chi connectivity index (χ3n) is 7.31. The van der Waals surface area contributed by atoms with Crippen LogP contribution >= 0.6 is 11.6 Å². The molecule has 0 radical (unpaired) electrons. The number of aromatic nitrogens is 2. The topological polar surface area (TPSA) is 111 Å². The Morgan fingerprint density at radius 3 is 2.48 bits per heavy atom. The van der Waals surface area contributed by atoms with Crippen LogP contribution < -0.4 is 15.2 Å². The van der Waals surface area contributed by atoms with Gasteiger partial charge in [-0.15, -0.1) is 0 Å². The van der Waals surface area contributed by atoms with Crippen molar-refractivity contribution in [3.05, 3.63) is 81.2 Å². The highest BCUT2D eigenvalue weighted by Crippen LogP contribution is 2.45. The number of rotatable bonds is 9. The smallest absolute Gasteiger partial charge is 0.337 e. The van der Waals surface area contributed by atoms with Gasteiger partial charge in [-0.2, -0.15) is 14.1 Å². The van der Waals surface area contributed by atoms with E-state index in [0.717, 1.165) is 12.8 Å². The molecular formula is C28H31ClN4O6S. The number of anilines is 1. The Hall–Kier alpha value is -3.41. The number of benzene rings is 2. The Bertz CT molecular complexity index is 1580. The van der Waals surface area contributed by atoms with Gasteiger partial charge in [0.1, 0.15) is 5.69 Å². The Morgan fingerprint density at radius 2 is 1.80 bits per heavy atom. The SMILES string of the molecule is COC(=O)c1cccc(CS(=O)(=O)N2CCN(c3cnn(-c4cccc(Cl)c4)c(=O)c3OCC3(C)CC3)CC2)c1. The number of carbonyl (C=O) groups is 1. The van der Waals surface area contributed by atoms with Crippen molar-refractivity contribution in [2.45, 2.75) is 25.5 Å². The van der Waals surface area contributed by atoms with E-state index in [1.54, 1.807) is 48.7 Å². The molecule has 1 aromatic heterocycles. The second kappa shape index (κ2) is 11.2. The van der Waals surface area contributed by atoms with Gasteiger partial charge in [-0.25, -0.2) is 13.2 Å². The molecule has 2 aromatic carbocycles. The molecular weight excluding hydrogens is 556 g/mol.